The largest absolute Gasteiger partial charge is 0.368 e. The van der Waals surface area contributed by atoms with Gasteiger partial charge in [-0.3, -0.25) is 4.79 Å². The summed E-state index contributed by atoms with van der Waals surface area (Å²) in [5, 5.41) is 3.45. The lowest BCUT2D eigenvalue weighted by Gasteiger charge is -2.52. The van der Waals surface area contributed by atoms with E-state index >= 15 is 0 Å². The zero-order valence-corrected chi connectivity index (χ0v) is 10.3. The number of nitrogens with zero attached hydrogens (tertiary/aromatic N) is 1. The molecule has 0 spiro atoms. The van der Waals surface area contributed by atoms with Gasteiger partial charge in [0.15, 0.2) is 0 Å². The summed E-state index contributed by atoms with van der Waals surface area (Å²) in [6, 6.07) is 0. The van der Waals surface area contributed by atoms with E-state index in [0.29, 0.717) is 11.8 Å². The van der Waals surface area contributed by atoms with Gasteiger partial charge in [-0.1, -0.05) is 13.8 Å². The Balaban J connectivity index is 2.12. The third kappa shape index (κ3) is 1.96. The highest BCUT2D eigenvalue weighted by atomic mass is 16.1. The van der Waals surface area contributed by atoms with E-state index in [1.54, 1.807) is 0 Å². The van der Waals surface area contributed by atoms with Gasteiger partial charge in [0.25, 0.3) is 0 Å². The normalized spacial score (nSPS) is 37.9. The maximum absolute atomic E-state index is 11.8. The van der Waals surface area contributed by atoms with Gasteiger partial charge in [-0.05, 0) is 44.3 Å². The van der Waals surface area contributed by atoms with Crippen LogP contribution in [0, 0.1) is 11.8 Å². The minimum atomic E-state index is -0.458. The molecule has 0 aromatic carbocycles. The first-order valence-corrected chi connectivity index (χ1v) is 6.32. The smallest absolute Gasteiger partial charge is 0.239 e. The molecular weight excluding hydrogens is 202 g/mol. The van der Waals surface area contributed by atoms with Crippen LogP contribution in [0.25, 0.3) is 0 Å². The average Bonchev–Trinajstić information content (AvgIpc) is 2.27. The van der Waals surface area contributed by atoms with Crippen LogP contribution in [-0.4, -0.2) is 42.5 Å². The summed E-state index contributed by atoms with van der Waals surface area (Å²) < 4.78 is 0. The van der Waals surface area contributed by atoms with Gasteiger partial charge in [-0.2, -0.15) is 0 Å². The van der Waals surface area contributed by atoms with Gasteiger partial charge in [-0.15, -0.1) is 0 Å². The Bertz CT molecular complexity index is 271. The van der Waals surface area contributed by atoms with Crippen molar-refractivity contribution in [3.8, 4) is 0 Å². The van der Waals surface area contributed by atoms with E-state index in [0.717, 1.165) is 39.0 Å². The maximum atomic E-state index is 11.8. The Morgan fingerprint density at radius 1 is 1.50 bits per heavy atom. The molecule has 3 saturated heterocycles. The number of fused-ring (bicyclic) bond motifs is 3. The summed E-state index contributed by atoms with van der Waals surface area (Å²) in [6.07, 6.45) is 2.21. The summed E-state index contributed by atoms with van der Waals surface area (Å²) in [4.78, 5) is 14.2. The second kappa shape index (κ2) is 4.34. The predicted molar refractivity (Wildman–Crippen MR) is 63.9 cm³/mol. The van der Waals surface area contributed by atoms with Crippen molar-refractivity contribution in [1.29, 1.82) is 0 Å². The van der Waals surface area contributed by atoms with Gasteiger partial charge in [0, 0.05) is 6.54 Å². The third-order valence-corrected chi connectivity index (χ3v) is 4.02. The Hall–Kier alpha value is -0.610. The Labute approximate surface area is 97.6 Å². The molecule has 3 rings (SSSR count). The van der Waals surface area contributed by atoms with Crippen LogP contribution in [-0.2, 0) is 4.79 Å². The van der Waals surface area contributed by atoms with Crippen molar-refractivity contribution in [2.24, 2.45) is 17.6 Å². The summed E-state index contributed by atoms with van der Waals surface area (Å²) in [7, 11) is 0. The second-order valence-electron chi connectivity index (χ2n) is 5.66. The van der Waals surface area contributed by atoms with E-state index in [2.05, 4.69) is 24.1 Å². The minimum absolute atomic E-state index is 0.164. The van der Waals surface area contributed by atoms with E-state index in [1.807, 2.05) is 0 Å². The van der Waals surface area contributed by atoms with Crippen molar-refractivity contribution < 1.29 is 4.79 Å². The van der Waals surface area contributed by atoms with E-state index in [4.69, 9.17) is 5.73 Å². The van der Waals surface area contributed by atoms with Gasteiger partial charge in [0.2, 0.25) is 5.91 Å². The van der Waals surface area contributed by atoms with Gasteiger partial charge < -0.3 is 16.0 Å². The first-order chi connectivity index (χ1) is 7.54. The molecule has 0 aliphatic carbocycles. The van der Waals surface area contributed by atoms with Crippen LogP contribution in [0.2, 0.25) is 0 Å². The van der Waals surface area contributed by atoms with E-state index in [-0.39, 0.29) is 5.91 Å². The number of primary amides is 1. The SMILES string of the molecule is CC(C)CNC1(C(N)=O)CN2CCC1CC2. The Morgan fingerprint density at radius 3 is 2.50 bits per heavy atom. The summed E-state index contributed by atoms with van der Waals surface area (Å²) in [5.74, 6) is 0.822. The summed E-state index contributed by atoms with van der Waals surface area (Å²) in [5.41, 5.74) is 5.19. The standard InChI is InChI=1S/C12H23N3O/c1-9(2)7-14-12(11(13)16)8-15-5-3-10(12)4-6-15/h9-10,14H,3-8H2,1-2H3,(H2,13,16). The molecule has 3 N–H and O–H groups in total. The molecule has 3 aliphatic heterocycles. The van der Waals surface area contributed by atoms with Crippen LogP contribution in [0.3, 0.4) is 0 Å². The summed E-state index contributed by atoms with van der Waals surface area (Å²) in [6.45, 7) is 8.24. The zero-order chi connectivity index (χ0) is 11.8. The molecule has 3 fully saturated rings. The lowest BCUT2D eigenvalue weighted by molar-refractivity contribution is -0.133. The number of carbonyl (C=O) groups is 1. The van der Waals surface area contributed by atoms with Crippen LogP contribution in [0.5, 0.6) is 0 Å². The quantitative estimate of drug-likeness (QED) is 0.717. The second-order valence-corrected chi connectivity index (χ2v) is 5.66. The van der Waals surface area contributed by atoms with Crippen molar-refractivity contribution in [3.63, 3.8) is 0 Å². The van der Waals surface area contributed by atoms with Crippen molar-refractivity contribution in [3.05, 3.63) is 0 Å². The fourth-order valence-corrected chi connectivity index (χ4v) is 3.02. The lowest BCUT2D eigenvalue weighted by Crippen LogP contribution is -2.71. The molecule has 1 unspecified atom stereocenters. The fourth-order valence-electron chi connectivity index (χ4n) is 3.02. The van der Waals surface area contributed by atoms with Crippen LogP contribution in [0.15, 0.2) is 0 Å². The first kappa shape index (κ1) is 11.9. The van der Waals surface area contributed by atoms with Crippen LogP contribution in [0.1, 0.15) is 26.7 Å². The van der Waals surface area contributed by atoms with Gasteiger partial charge >= 0.3 is 0 Å². The predicted octanol–water partition coefficient (Wildman–Crippen LogP) is 0.182. The van der Waals surface area contributed by atoms with Gasteiger partial charge in [0.1, 0.15) is 5.54 Å². The first-order valence-electron chi connectivity index (χ1n) is 6.32. The summed E-state index contributed by atoms with van der Waals surface area (Å²) >= 11 is 0. The molecule has 4 heteroatoms. The van der Waals surface area contributed by atoms with E-state index < -0.39 is 5.54 Å². The number of hydrogen-bond acceptors (Lipinski definition) is 3. The van der Waals surface area contributed by atoms with E-state index in [9.17, 15) is 4.79 Å². The Morgan fingerprint density at radius 2 is 2.12 bits per heavy atom. The van der Waals surface area contributed by atoms with Crippen LogP contribution >= 0.6 is 0 Å². The molecule has 4 nitrogen and oxygen atoms in total. The molecule has 2 bridgehead atoms. The molecule has 1 amide bonds. The molecule has 16 heavy (non-hydrogen) atoms. The monoisotopic (exact) mass is 225 g/mol. The van der Waals surface area contributed by atoms with Crippen LogP contribution < -0.4 is 11.1 Å². The number of piperidine rings is 3. The number of nitrogens with two attached hydrogens (primary N) is 1. The highest BCUT2D eigenvalue weighted by molar-refractivity contribution is 5.85. The molecule has 3 aliphatic rings. The minimum Gasteiger partial charge on any atom is -0.368 e. The third-order valence-electron chi connectivity index (χ3n) is 4.02. The zero-order valence-electron chi connectivity index (χ0n) is 10.3. The Kier molecular flexibility index (Phi) is 3.22. The van der Waals surface area contributed by atoms with Crippen molar-refractivity contribution >= 4 is 5.91 Å². The van der Waals surface area contributed by atoms with Crippen LogP contribution in [0.4, 0.5) is 0 Å². The molecule has 92 valence electrons. The van der Waals surface area contributed by atoms with Gasteiger partial charge in [0.05, 0.1) is 0 Å². The molecule has 0 radical (unpaired) electrons. The highest BCUT2D eigenvalue weighted by Gasteiger charge is 2.50. The average molecular weight is 225 g/mol. The molecule has 1 atom stereocenters. The molecule has 0 saturated carbocycles. The van der Waals surface area contributed by atoms with Crippen molar-refractivity contribution in [2.45, 2.75) is 32.2 Å². The topological polar surface area (TPSA) is 58.4 Å². The molecule has 0 aromatic rings. The van der Waals surface area contributed by atoms with Crippen molar-refractivity contribution in [2.75, 3.05) is 26.2 Å². The molecular formula is C12H23N3O. The number of nitrogens with one attached hydrogen (secondary N) is 1. The fraction of sp³-hybridized carbons (Fsp3) is 0.917. The van der Waals surface area contributed by atoms with Gasteiger partial charge in [-0.25, -0.2) is 0 Å². The van der Waals surface area contributed by atoms with E-state index in [1.165, 1.54) is 0 Å². The number of carbonyl (C=O) groups excluding carboxylic acids is 1. The number of amides is 1. The molecule has 3 heterocycles. The van der Waals surface area contributed by atoms with Crippen molar-refractivity contribution in [1.82, 2.24) is 10.2 Å². The number of hydrogen-bond donors (Lipinski definition) is 2. The molecule has 0 aromatic heterocycles. The number of rotatable bonds is 4. The highest BCUT2D eigenvalue weighted by Crippen LogP contribution is 2.35. The lowest BCUT2D eigenvalue weighted by atomic mass is 9.72. The maximum Gasteiger partial charge on any atom is 0.239 e.